The second-order valence-electron chi connectivity index (χ2n) is 6.77. The number of aromatic nitrogens is 3. The van der Waals surface area contributed by atoms with Crippen molar-refractivity contribution in [3.63, 3.8) is 0 Å². The Kier molecular flexibility index (Phi) is 5.08. The van der Waals surface area contributed by atoms with Crippen LogP contribution in [0.3, 0.4) is 0 Å². The fourth-order valence-corrected chi connectivity index (χ4v) is 3.53. The summed E-state index contributed by atoms with van der Waals surface area (Å²) >= 11 is 0. The Labute approximate surface area is 170 Å². The number of ether oxygens (including phenoxy) is 2. The lowest BCUT2D eigenvalue weighted by Crippen LogP contribution is -2.02. The van der Waals surface area contributed by atoms with Crippen molar-refractivity contribution >= 4 is 17.2 Å². The van der Waals surface area contributed by atoms with E-state index >= 15 is 0 Å². The molecular weight excluding hydrogens is 364 g/mol. The van der Waals surface area contributed by atoms with Crippen LogP contribution < -0.4 is 14.8 Å². The van der Waals surface area contributed by atoms with Gasteiger partial charge in [-0.15, -0.1) is 0 Å². The number of nitrogens with one attached hydrogen (secondary N) is 1. The van der Waals surface area contributed by atoms with Gasteiger partial charge in [-0.3, -0.25) is 9.38 Å². The second-order valence-corrected chi connectivity index (χ2v) is 6.77. The van der Waals surface area contributed by atoms with E-state index in [9.17, 15) is 0 Å². The standard InChI is InChI=1S/C23H24N4O2/c1-5-16-8-6-7-15(2)21(16)26-23-22(25-20-14-24-11-12-27(20)23)17-9-10-18(28-3)19(13-17)29-4/h6-14,26H,5H2,1-4H3. The average molecular weight is 388 g/mol. The summed E-state index contributed by atoms with van der Waals surface area (Å²) in [6.45, 7) is 4.27. The van der Waals surface area contributed by atoms with E-state index in [1.807, 2.05) is 28.8 Å². The summed E-state index contributed by atoms with van der Waals surface area (Å²) in [4.78, 5) is 9.06. The first-order valence-corrected chi connectivity index (χ1v) is 9.56. The highest BCUT2D eigenvalue weighted by atomic mass is 16.5. The third kappa shape index (κ3) is 3.38. The molecule has 0 saturated heterocycles. The normalized spacial score (nSPS) is 10.9. The number of methoxy groups -OCH3 is 2. The molecule has 6 nitrogen and oxygen atoms in total. The van der Waals surface area contributed by atoms with Gasteiger partial charge in [0, 0.05) is 23.6 Å². The maximum absolute atomic E-state index is 5.49. The van der Waals surface area contributed by atoms with Crippen molar-refractivity contribution in [1.29, 1.82) is 0 Å². The molecule has 2 heterocycles. The van der Waals surface area contributed by atoms with Crippen molar-refractivity contribution in [2.75, 3.05) is 19.5 Å². The Balaban J connectivity index is 1.91. The van der Waals surface area contributed by atoms with Crippen LogP contribution in [0.5, 0.6) is 11.5 Å². The van der Waals surface area contributed by atoms with E-state index in [2.05, 4.69) is 42.3 Å². The van der Waals surface area contributed by atoms with Crippen molar-refractivity contribution in [2.45, 2.75) is 20.3 Å². The zero-order chi connectivity index (χ0) is 20.4. The maximum atomic E-state index is 5.49. The highest BCUT2D eigenvalue weighted by Gasteiger charge is 2.18. The van der Waals surface area contributed by atoms with Crippen molar-refractivity contribution in [1.82, 2.24) is 14.4 Å². The molecule has 2 aromatic carbocycles. The quantitative estimate of drug-likeness (QED) is 0.502. The molecule has 0 fully saturated rings. The van der Waals surface area contributed by atoms with Crippen LogP contribution in [0, 0.1) is 6.92 Å². The Morgan fingerprint density at radius 2 is 1.90 bits per heavy atom. The van der Waals surface area contributed by atoms with Gasteiger partial charge < -0.3 is 14.8 Å². The van der Waals surface area contributed by atoms with Crippen LogP contribution in [0.2, 0.25) is 0 Å². The lowest BCUT2D eigenvalue weighted by molar-refractivity contribution is 0.355. The topological polar surface area (TPSA) is 60.7 Å². The predicted molar refractivity (Wildman–Crippen MR) is 115 cm³/mol. The van der Waals surface area contributed by atoms with Gasteiger partial charge in [-0.25, -0.2) is 4.98 Å². The molecule has 0 aliphatic heterocycles. The molecular formula is C23H24N4O2. The Hall–Kier alpha value is -3.54. The van der Waals surface area contributed by atoms with E-state index in [1.165, 1.54) is 11.1 Å². The Morgan fingerprint density at radius 1 is 1.07 bits per heavy atom. The Bertz CT molecular complexity index is 1170. The molecule has 0 amide bonds. The number of benzene rings is 2. The van der Waals surface area contributed by atoms with Gasteiger partial charge in [0.25, 0.3) is 0 Å². The van der Waals surface area contributed by atoms with E-state index < -0.39 is 0 Å². The smallest absolute Gasteiger partial charge is 0.161 e. The number of hydrogen-bond acceptors (Lipinski definition) is 5. The monoisotopic (exact) mass is 388 g/mol. The van der Waals surface area contributed by atoms with Gasteiger partial charge in [0.05, 0.1) is 20.4 Å². The minimum atomic E-state index is 0.663. The summed E-state index contributed by atoms with van der Waals surface area (Å²) in [6.07, 6.45) is 6.37. The lowest BCUT2D eigenvalue weighted by atomic mass is 10.1. The fraction of sp³-hybridized carbons (Fsp3) is 0.217. The SMILES string of the molecule is CCc1cccc(C)c1Nc1c(-c2ccc(OC)c(OC)c2)nc2cnccn12. The molecule has 0 bridgehead atoms. The maximum Gasteiger partial charge on any atom is 0.161 e. The number of nitrogens with zero attached hydrogens (tertiary/aromatic N) is 3. The highest BCUT2D eigenvalue weighted by molar-refractivity contribution is 5.82. The molecule has 0 spiro atoms. The van der Waals surface area contributed by atoms with E-state index in [0.29, 0.717) is 11.5 Å². The summed E-state index contributed by atoms with van der Waals surface area (Å²) in [5.41, 5.74) is 6.07. The van der Waals surface area contributed by atoms with Crippen molar-refractivity contribution in [2.24, 2.45) is 0 Å². The average Bonchev–Trinajstić information content (AvgIpc) is 3.13. The van der Waals surface area contributed by atoms with E-state index in [1.54, 1.807) is 26.6 Å². The molecule has 0 aliphatic rings. The molecule has 4 aromatic rings. The second kappa shape index (κ2) is 7.83. The Morgan fingerprint density at radius 3 is 2.66 bits per heavy atom. The number of para-hydroxylation sites is 1. The summed E-state index contributed by atoms with van der Waals surface area (Å²) in [5.74, 6) is 2.23. The molecule has 0 atom stereocenters. The van der Waals surface area contributed by atoms with Crippen LogP contribution in [-0.2, 0) is 6.42 Å². The summed E-state index contributed by atoms with van der Waals surface area (Å²) in [7, 11) is 3.26. The number of fused-ring (bicyclic) bond motifs is 1. The van der Waals surface area contributed by atoms with Gasteiger partial charge in [0.1, 0.15) is 11.5 Å². The third-order valence-corrected chi connectivity index (χ3v) is 5.07. The number of hydrogen-bond donors (Lipinski definition) is 1. The van der Waals surface area contributed by atoms with Crippen molar-refractivity contribution in [3.05, 3.63) is 66.1 Å². The van der Waals surface area contributed by atoms with Crippen LogP contribution in [0.4, 0.5) is 11.5 Å². The van der Waals surface area contributed by atoms with Crippen LogP contribution in [0.25, 0.3) is 16.9 Å². The molecule has 29 heavy (non-hydrogen) atoms. The van der Waals surface area contributed by atoms with Gasteiger partial charge in [-0.05, 0) is 42.7 Å². The number of aryl methyl sites for hydroxylation is 2. The van der Waals surface area contributed by atoms with Gasteiger partial charge in [-0.1, -0.05) is 25.1 Å². The van der Waals surface area contributed by atoms with Crippen LogP contribution in [0.1, 0.15) is 18.1 Å². The largest absolute Gasteiger partial charge is 0.493 e. The molecule has 0 unspecified atom stereocenters. The first-order chi connectivity index (χ1) is 14.2. The van der Waals surface area contributed by atoms with Gasteiger partial charge in [0.2, 0.25) is 0 Å². The molecule has 0 aliphatic carbocycles. The number of rotatable bonds is 6. The lowest BCUT2D eigenvalue weighted by Gasteiger charge is -2.15. The summed E-state index contributed by atoms with van der Waals surface area (Å²) in [6, 6.07) is 12.2. The van der Waals surface area contributed by atoms with Crippen molar-refractivity contribution in [3.8, 4) is 22.8 Å². The summed E-state index contributed by atoms with van der Waals surface area (Å²) < 4.78 is 12.9. The summed E-state index contributed by atoms with van der Waals surface area (Å²) in [5, 5.41) is 3.65. The minimum absolute atomic E-state index is 0.663. The fourth-order valence-electron chi connectivity index (χ4n) is 3.53. The molecule has 148 valence electrons. The molecule has 0 saturated carbocycles. The number of anilines is 2. The zero-order valence-electron chi connectivity index (χ0n) is 17.1. The van der Waals surface area contributed by atoms with Gasteiger partial charge in [-0.2, -0.15) is 0 Å². The first-order valence-electron chi connectivity index (χ1n) is 9.56. The van der Waals surface area contributed by atoms with Crippen LogP contribution in [-0.4, -0.2) is 28.6 Å². The molecule has 2 aromatic heterocycles. The molecule has 6 heteroatoms. The van der Waals surface area contributed by atoms with E-state index in [4.69, 9.17) is 14.5 Å². The first kappa shape index (κ1) is 18.8. The van der Waals surface area contributed by atoms with Gasteiger partial charge in [0.15, 0.2) is 17.1 Å². The molecule has 1 N–H and O–H groups in total. The zero-order valence-corrected chi connectivity index (χ0v) is 17.1. The van der Waals surface area contributed by atoms with Crippen molar-refractivity contribution < 1.29 is 9.47 Å². The van der Waals surface area contributed by atoms with E-state index in [-0.39, 0.29) is 0 Å². The third-order valence-electron chi connectivity index (χ3n) is 5.07. The molecule has 0 radical (unpaired) electrons. The number of imidazole rings is 1. The minimum Gasteiger partial charge on any atom is -0.493 e. The van der Waals surface area contributed by atoms with Crippen LogP contribution >= 0.6 is 0 Å². The molecule has 4 rings (SSSR count). The van der Waals surface area contributed by atoms with Gasteiger partial charge >= 0.3 is 0 Å². The van der Waals surface area contributed by atoms with E-state index in [0.717, 1.165) is 34.8 Å². The van der Waals surface area contributed by atoms with Crippen LogP contribution in [0.15, 0.2) is 55.0 Å². The predicted octanol–water partition coefficient (Wildman–Crippen LogP) is 5.03. The highest BCUT2D eigenvalue weighted by Crippen LogP contribution is 2.37.